The lowest BCUT2D eigenvalue weighted by Gasteiger charge is -2.06. The van der Waals surface area contributed by atoms with Crippen LogP contribution in [0.1, 0.15) is 12.5 Å². The second kappa shape index (κ2) is 5.44. The van der Waals surface area contributed by atoms with Crippen molar-refractivity contribution in [2.24, 2.45) is 5.92 Å². The molecule has 2 aromatic carbocycles. The van der Waals surface area contributed by atoms with Crippen LogP contribution >= 0.6 is 0 Å². The van der Waals surface area contributed by atoms with Gasteiger partial charge in [0.05, 0.1) is 0 Å². The summed E-state index contributed by atoms with van der Waals surface area (Å²) in [6.07, 6.45) is 1.82. The van der Waals surface area contributed by atoms with Gasteiger partial charge in [-0.25, -0.2) is 0 Å². The molecule has 0 bridgehead atoms. The van der Waals surface area contributed by atoms with E-state index in [1.54, 1.807) is 0 Å². The zero-order valence-corrected chi connectivity index (χ0v) is 9.97. The minimum atomic E-state index is 0.0950. The van der Waals surface area contributed by atoms with Crippen LogP contribution in [-0.2, 0) is 11.2 Å². The van der Waals surface area contributed by atoms with Gasteiger partial charge < -0.3 is 4.79 Å². The van der Waals surface area contributed by atoms with Crippen molar-refractivity contribution in [2.45, 2.75) is 13.3 Å². The van der Waals surface area contributed by atoms with Gasteiger partial charge in [0, 0.05) is 5.92 Å². The van der Waals surface area contributed by atoms with Gasteiger partial charge in [0.2, 0.25) is 0 Å². The number of carbonyl (C=O) groups excluding carboxylic acids is 1. The van der Waals surface area contributed by atoms with Crippen molar-refractivity contribution in [1.29, 1.82) is 0 Å². The molecule has 17 heavy (non-hydrogen) atoms. The maximum absolute atomic E-state index is 10.6. The van der Waals surface area contributed by atoms with Crippen molar-refractivity contribution in [2.75, 3.05) is 0 Å². The first-order valence-corrected chi connectivity index (χ1v) is 5.89. The summed E-state index contributed by atoms with van der Waals surface area (Å²) in [5, 5.41) is 0. The SMILES string of the molecule is C[C@H](C=O)Cc1ccc(-c2ccccc2)cc1. The van der Waals surface area contributed by atoms with Gasteiger partial charge in [-0.3, -0.25) is 0 Å². The number of aldehydes is 1. The van der Waals surface area contributed by atoms with Crippen LogP contribution in [-0.4, -0.2) is 6.29 Å². The third-order valence-corrected chi connectivity index (χ3v) is 2.85. The van der Waals surface area contributed by atoms with Gasteiger partial charge in [0.1, 0.15) is 6.29 Å². The number of benzene rings is 2. The first-order valence-electron chi connectivity index (χ1n) is 5.89. The summed E-state index contributed by atoms with van der Waals surface area (Å²) in [7, 11) is 0. The van der Waals surface area contributed by atoms with E-state index in [1.165, 1.54) is 16.7 Å². The van der Waals surface area contributed by atoms with Crippen molar-refractivity contribution in [1.82, 2.24) is 0 Å². The summed E-state index contributed by atoms with van der Waals surface area (Å²) in [4.78, 5) is 10.6. The normalized spacial score (nSPS) is 12.1. The fourth-order valence-corrected chi connectivity index (χ4v) is 1.88. The molecule has 0 aliphatic carbocycles. The van der Waals surface area contributed by atoms with Crippen LogP contribution in [0.15, 0.2) is 54.6 Å². The molecule has 2 aromatic rings. The third-order valence-electron chi connectivity index (χ3n) is 2.85. The average Bonchev–Trinajstić information content (AvgIpc) is 2.40. The van der Waals surface area contributed by atoms with Gasteiger partial charge in [-0.15, -0.1) is 0 Å². The fourth-order valence-electron chi connectivity index (χ4n) is 1.88. The van der Waals surface area contributed by atoms with Crippen molar-refractivity contribution >= 4 is 6.29 Å². The topological polar surface area (TPSA) is 17.1 Å². The van der Waals surface area contributed by atoms with Gasteiger partial charge in [-0.05, 0) is 23.1 Å². The molecule has 1 atom stereocenters. The molecule has 0 fully saturated rings. The first kappa shape index (κ1) is 11.6. The molecular formula is C16H16O. The summed E-state index contributed by atoms with van der Waals surface area (Å²) in [6.45, 7) is 1.94. The van der Waals surface area contributed by atoms with Crippen LogP contribution in [0.25, 0.3) is 11.1 Å². The Labute approximate surface area is 102 Å². The lowest BCUT2D eigenvalue weighted by Crippen LogP contribution is -2.00. The molecule has 0 spiro atoms. The highest BCUT2D eigenvalue weighted by Gasteiger charge is 2.02. The van der Waals surface area contributed by atoms with E-state index >= 15 is 0 Å². The largest absolute Gasteiger partial charge is 0.303 e. The number of carbonyl (C=O) groups is 1. The number of hydrogen-bond donors (Lipinski definition) is 0. The Morgan fingerprint density at radius 3 is 2.12 bits per heavy atom. The van der Waals surface area contributed by atoms with Crippen LogP contribution in [0.5, 0.6) is 0 Å². The van der Waals surface area contributed by atoms with Crippen LogP contribution in [0.4, 0.5) is 0 Å². The molecule has 1 heteroatoms. The second-order valence-corrected chi connectivity index (χ2v) is 4.38. The average molecular weight is 224 g/mol. The van der Waals surface area contributed by atoms with E-state index in [0.29, 0.717) is 0 Å². The van der Waals surface area contributed by atoms with E-state index in [0.717, 1.165) is 12.7 Å². The maximum atomic E-state index is 10.6. The lowest BCUT2D eigenvalue weighted by atomic mass is 9.99. The molecule has 2 rings (SSSR count). The highest BCUT2D eigenvalue weighted by molar-refractivity contribution is 5.63. The van der Waals surface area contributed by atoms with Gasteiger partial charge in [-0.1, -0.05) is 61.5 Å². The van der Waals surface area contributed by atoms with Crippen LogP contribution in [0, 0.1) is 5.92 Å². The van der Waals surface area contributed by atoms with E-state index in [-0.39, 0.29) is 5.92 Å². The summed E-state index contributed by atoms with van der Waals surface area (Å²) in [5.41, 5.74) is 3.65. The molecule has 0 amide bonds. The Morgan fingerprint density at radius 2 is 1.53 bits per heavy atom. The van der Waals surface area contributed by atoms with Crippen molar-refractivity contribution in [3.8, 4) is 11.1 Å². The van der Waals surface area contributed by atoms with E-state index in [9.17, 15) is 4.79 Å². The third kappa shape index (κ3) is 3.04. The zero-order chi connectivity index (χ0) is 12.1. The quantitative estimate of drug-likeness (QED) is 0.723. The highest BCUT2D eigenvalue weighted by Crippen LogP contribution is 2.20. The van der Waals surface area contributed by atoms with Crippen LogP contribution < -0.4 is 0 Å². The molecule has 1 nitrogen and oxygen atoms in total. The lowest BCUT2D eigenvalue weighted by molar-refractivity contribution is -0.110. The minimum Gasteiger partial charge on any atom is -0.303 e. The van der Waals surface area contributed by atoms with Gasteiger partial charge >= 0.3 is 0 Å². The summed E-state index contributed by atoms with van der Waals surface area (Å²) in [5.74, 6) is 0.0950. The summed E-state index contributed by atoms with van der Waals surface area (Å²) < 4.78 is 0. The standard InChI is InChI=1S/C16H16O/c1-13(12-17)11-14-7-9-16(10-8-14)15-5-3-2-4-6-15/h2-10,12-13H,11H2,1H3/t13-/m0/s1. The molecule has 0 unspecified atom stereocenters. The summed E-state index contributed by atoms with van der Waals surface area (Å²) in [6, 6.07) is 18.7. The minimum absolute atomic E-state index is 0.0950. The van der Waals surface area contributed by atoms with Crippen molar-refractivity contribution in [3.63, 3.8) is 0 Å². The molecule has 0 aliphatic heterocycles. The molecule has 0 saturated heterocycles. The smallest absolute Gasteiger partial charge is 0.123 e. The Hall–Kier alpha value is -1.89. The monoisotopic (exact) mass is 224 g/mol. The Kier molecular flexibility index (Phi) is 3.71. The molecule has 0 N–H and O–H groups in total. The fraction of sp³-hybridized carbons (Fsp3) is 0.188. The van der Waals surface area contributed by atoms with E-state index < -0.39 is 0 Å². The molecule has 86 valence electrons. The summed E-state index contributed by atoms with van der Waals surface area (Å²) >= 11 is 0. The van der Waals surface area contributed by atoms with Gasteiger partial charge in [0.15, 0.2) is 0 Å². The molecule has 0 aromatic heterocycles. The molecule has 0 radical (unpaired) electrons. The predicted octanol–water partition coefficient (Wildman–Crippen LogP) is 3.73. The van der Waals surface area contributed by atoms with Gasteiger partial charge in [-0.2, -0.15) is 0 Å². The van der Waals surface area contributed by atoms with E-state index in [2.05, 4.69) is 36.4 Å². The Bertz CT molecular complexity index is 471. The van der Waals surface area contributed by atoms with Crippen LogP contribution in [0.2, 0.25) is 0 Å². The Morgan fingerprint density at radius 1 is 0.941 bits per heavy atom. The predicted molar refractivity (Wildman–Crippen MR) is 70.8 cm³/mol. The zero-order valence-electron chi connectivity index (χ0n) is 9.97. The van der Waals surface area contributed by atoms with E-state index in [1.807, 2.05) is 25.1 Å². The first-order chi connectivity index (χ1) is 8.29. The molecule has 0 saturated carbocycles. The Balaban J connectivity index is 2.16. The molecular weight excluding hydrogens is 208 g/mol. The van der Waals surface area contributed by atoms with Gasteiger partial charge in [0.25, 0.3) is 0 Å². The number of hydrogen-bond acceptors (Lipinski definition) is 1. The highest BCUT2D eigenvalue weighted by atomic mass is 16.1. The van der Waals surface area contributed by atoms with E-state index in [4.69, 9.17) is 0 Å². The second-order valence-electron chi connectivity index (χ2n) is 4.38. The number of rotatable bonds is 4. The molecule has 0 heterocycles. The maximum Gasteiger partial charge on any atom is 0.123 e. The van der Waals surface area contributed by atoms with Crippen LogP contribution in [0.3, 0.4) is 0 Å². The van der Waals surface area contributed by atoms with Crippen molar-refractivity contribution in [3.05, 3.63) is 60.2 Å². The molecule has 0 aliphatic rings. The van der Waals surface area contributed by atoms with Crippen molar-refractivity contribution < 1.29 is 4.79 Å².